The number of carbonyl (C=O) groups excluding carboxylic acids is 1. The van der Waals surface area contributed by atoms with Gasteiger partial charge in [-0.25, -0.2) is 5.01 Å². The number of hydrogen-bond donors (Lipinski definition) is 0. The molecule has 1 aliphatic heterocycles. The Hall–Kier alpha value is -0.0900. The van der Waals surface area contributed by atoms with Crippen molar-refractivity contribution < 1.29 is 4.79 Å². The minimum absolute atomic E-state index is 0.0265. The molecule has 0 saturated carbocycles. The molecule has 1 fully saturated rings. The fourth-order valence-electron chi connectivity index (χ4n) is 1.21. The van der Waals surface area contributed by atoms with Crippen molar-refractivity contribution >= 4 is 21.8 Å². The highest BCUT2D eigenvalue weighted by Gasteiger charge is 2.27. The Morgan fingerprint density at radius 3 is 2.73 bits per heavy atom. The number of hydrogen-bond acceptors (Lipinski definition) is 2. The van der Waals surface area contributed by atoms with Crippen molar-refractivity contribution in [2.45, 2.75) is 17.7 Å². The molecular weight excluding hydrogens is 208 g/mol. The van der Waals surface area contributed by atoms with Crippen molar-refractivity contribution in [1.82, 2.24) is 10.0 Å². The van der Waals surface area contributed by atoms with E-state index in [1.165, 1.54) is 0 Å². The van der Waals surface area contributed by atoms with Gasteiger partial charge in [0.25, 0.3) is 5.91 Å². The highest BCUT2D eigenvalue weighted by atomic mass is 79.9. The summed E-state index contributed by atoms with van der Waals surface area (Å²) in [5.41, 5.74) is 0. The van der Waals surface area contributed by atoms with Gasteiger partial charge in [-0.3, -0.25) is 9.80 Å². The van der Waals surface area contributed by atoms with E-state index in [9.17, 15) is 4.79 Å². The van der Waals surface area contributed by atoms with Crippen LogP contribution in [-0.4, -0.2) is 41.4 Å². The normalized spacial score (nSPS) is 26.4. The van der Waals surface area contributed by atoms with Gasteiger partial charge in [0.2, 0.25) is 0 Å². The van der Waals surface area contributed by atoms with Gasteiger partial charge in [-0.1, -0.05) is 15.9 Å². The second-order valence-corrected chi connectivity index (χ2v) is 4.02. The molecule has 1 rings (SSSR count). The highest BCUT2D eigenvalue weighted by molar-refractivity contribution is 9.10. The number of alkyl halides is 1. The van der Waals surface area contributed by atoms with Gasteiger partial charge in [0.05, 0.1) is 4.83 Å². The zero-order chi connectivity index (χ0) is 8.43. The molecule has 1 atom stereocenters. The summed E-state index contributed by atoms with van der Waals surface area (Å²) in [7, 11) is 3.78. The maximum Gasteiger partial charge on any atom is 0.250 e. The van der Waals surface area contributed by atoms with E-state index < -0.39 is 0 Å². The van der Waals surface area contributed by atoms with Gasteiger partial charge >= 0.3 is 0 Å². The van der Waals surface area contributed by atoms with Gasteiger partial charge in [0.15, 0.2) is 0 Å². The maximum absolute atomic E-state index is 11.4. The van der Waals surface area contributed by atoms with Crippen LogP contribution in [-0.2, 0) is 4.79 Å². The molecule has 0 aromatic carbocycles. The first-order valence-corrected chi connectivity index (χ1v) is 4.67. The number of halogens is 1. The van der Waals surface area contributed by atoms with E-state index in [0.717, 1.165) is 19.4 Å². The lowest BCUT2D eigenvalue weighted by atomic mass is 10.1. The minimum atomic E-state index is 0.0265. The highest BCUT2D eigenvalue weighted by Crippen LogP contribution is 2.18. The van der Waals surface area contributed by atoms with E-state index in [1.807, 2.05) is 19.1 Å². The van der Waals surface area contributed by atoms with Crippen molar-refractivity contribution in [2.75, 3.05) is 20.6 Å². The second kappa shape index (κ2) is 3.54. The molecule has 0 N–H and O–H groups in total. The lowest BCUT2D eigenvalue weighted by Crippen LogP contribution is -2.48. The molecular formula is C7H13BrN2O. The Kier molecular flexibility index (Phi) is 2.90. The summed E-state index contributed by atoms with van der Waals surface area (Å²) in [6.45, 7) is 0.855. The lowest BCUT2D eigenvalue weighted by Gasteiger charge is -2.34. The Morgan fingerprint density at radius 1 is 1.64 bits per heavy atom. The average molecular weight is 221 g/mol. The van der Waals surface area contributed by atoms with Gasteiger partial charge in [0, 0.05) is 20.6 Å². The first kappa shape index (κ1) is 9.00. The van der Waals surface area contributed by atoms with Crippen LogP contribution in [0.1, 0.15) is 12.8 Å². The number of nitrogens with zero attached hydrogens (tertiary/aromatic N) is 2. The first-order valence-electron chi connectivity index (χ1n) is 3.75. The van der Waals surface area contributed by atoms with Gasteiger partial charge in [-0.2, -0.15) is 0 Å². The third kappa shape index (κ3) is 1.93. The molecule has 1 unspecified atom stereocenters. The summed E-state index contributed by atoms with van der Waals surface area (Å²) in [5.74, 6) is 0.182. The predicted octanol–water partition coefficient (Wildman–Crippen LogP) is 0.849. The van der Waals surface area contributed by atoms with Gasteiger partial charge in [0.1, 0.15) is 0 Å². The number of piperidine rings is 1. The van der Waals surface area contributed by atoms with Crippen LogP contribution in [0, 0.1) is 0 Å². The predicted molar refractivity (Wildman–Crippen MR) is 47.3 cm³/mol. The molecule has 0 aromatic heterocycles. The minimum Gasteiger partial charge on any atom is -0.275 e. The molecule has 0 spiro atoms. The van der Waals surface area contributed by atoms with Crippen molar-refractivity contribution in [2.24, 2.45) is 0 Å². The summed E-state index contributed by atoms with van der Waals surface area (Å²) in [5, 5.41) is 3.61. The van der Waals surface area contributed by atoms with E-state index in [4.69, 9.17) is 0 Å². The van der Waals surface area contributed by atoms with E-state index in [0.29, 0.717) is 0 Å². The lowest BCUT2D eigenvalue weighted by molar-refractivity contribution is -0.146. The van der Waals surface area contributed by atoms with Crippen molar-refractivity contribution in [3.8, 4) is 0 Å². The third-order valence-electron chi connectivity index (χ3n) is 1.83. The molecule has 4 heteroatoms. The number of hydrazine groups is 1. The second-order valence-electron chi connectivity index (χ2n) is 2.92. The van der Waals surface area contributed by atoms with Crippen LogP contribution < -0.4 is 0 Å². The van der Waals surface area contributed by atoms with Crippen LogP contribution in [0.2, 0.25) is 0 Å². The van der Waals surface area contributed by atoms with E-state index in [1.54, 1.807) is 5.01 Å². The van der Waals surface area contributed by atoms with Gasteiger partial charge < -0.3 is 0 Å². The van der Waals surface area contributed by atoms with Crippen LogP contribution in [0.5, 0.6) is 0 Å². The van der Waals surface area contributed by atoms with Crippen LogP contribution >= 0.6 is 15.9 Å². The average Bonchev–Trinajstić information content (AvgIpc) is 1.94. The Morgan fingerprint density at radius 2 is 2.27 bits per heavy atom. The fourth-order valence-corrected chi connectivity index (χ4v) is 1.77. The maximum atomic E-state index is 11.4. The molecule has 3 nitrogen and oxygen atoms in total. The fraction of sp³-hybridized carbons (Fsp3) is 0.857. The smallest absolute Gasteiger partial charge is 0.250 e. The standard InChI is InChI=1S/C7H13BrN2O/c1-9(2)10-5-3-4-6(8)7(10)11/h6H,3-5H2,1-2H3. The number of amides is 1. The molecule has 1 heterocycles. The molecule has 1 aliphatic rings. The molecule has 64 valence electrons. The van der Waals surface area contributed by atoms with Crippen molar-refractivity contribution in [3.05, 3.63) is 0 Å². The Bertz CT molecular complexity index is 161. The van der Waals surface area contributed by atoms with Crippen LogP contribution in [0.15, 0.2) is 0 Å². The third-order valence-corrected chi connectivity index (χ3v) is 2.68. The molecule has 1 amide bonds. The summed E-state index contributed by atoms with van der Waals surface area (Å²) >= 11 is 3.34. The summed E-state index contributed by atoms with van der Waals surface area (Å²) < 4.78 is 0. The summed E-state index contributed by atoms with van der Waals surface area (Å²) in [6, 6.07) is 0. The first-order chi connectivity index (χ1) is 5.13. The zero-order valence-electron chi connectivity index (χ0n) is 6.88. The largest absolute Gasteiger partial charge is 0.275 e. The van der Waals surface area contributed by atoms with Crippen LogP contribution in [0.3, 0.4) is 0 Å². The SMILES string of the molecule is CN(C)N1CCCC(Br)C1=O. The number of rotatable bonds is 1. The van der Waals surface area contributed by atoms with Crippen molar-refractivity contribution in [3.63, 3.8) is 0 Å². The molecule has 0 aromatic rings. The van der Waals surface area contributed by atoms with Crippen LogP contribution in [0.25, 0.3) is 0 Å². The van der Waals surface area contributed by atoms with E-state index in [-0.39, 0.29) is 10.7 Å². The molecule has 11 heavy (non-hydrogen) atoms. The number of carbonyl (C=O) groups is 1. The van der Waals surface area contributed by atoms with Gasteiger partial charge in [-0.05, 0) is 12.8 Å². The van der Waals surface area contributed by atoms with E-state index >= 15 is 0 Å². The topological polar surface area (TPSA) is 23.6 Å². The van der Waals surface area contributed by atoms with Gasteiger partial charge in [-0.15, -0.1) is 0 Å². The summed E-state index contributed by atoms with van der Waals surface area (Å²) in [4.78, 5) is 11.4. The molecule has 0 bridgehead atoms. The summed E-state index contributed by atoms with van der Waals surface area (Å²) in [6.07, 6.45) is 2.04. The molecule has 0 aliphatic carbocycles. The molecule has 0 radical (unpaired) electrons. The molecule has 1 saturated heterocycles. The van der Waals surface area contributed by atoms with Crippen LogP contribution in [0.4, 0.5) is 0 Å². The monoisotopic (exact) mass is 220 g/mol. The Balaban J connectivity index is 2.58. The quantitative estimate of drug-likeness (QED) is 0.613. The van der Waals surface area contributed by atoms with E-state index in [2.05, 4.69) is 15.9 Å². The van der Waals surface area contributed by atoms with Crippen molar-refractivity contribution in [1.29, 1.82) is 0 Å². The zero-order valence-corrected chi connectivity index (χ0v) is 8.47. The Labute approximate surface area is 75.4 Å².